The van der Waals surface area contributed by atoms with Gasteiger partial charge in [0.15, 0.2) is 0 Å². The molecule has 0 aliphatic carbocycles. The summed E-state index contributed by atoms with van der Waals surface area (Å²) in [5.74, 6) is 0. The Hall–Kier alpha value is -0.120. The highest BCUT2D eigenvalue weighted by Crippen LogP contribution is 2.25. The summed E-state index contributed by atoms with van der Waals surface area (Å²) in [7, 11) is 2.09. The van der Waals surface area contributed by atoms with Crippen molar-refractivity contribution >= 4 is 0 Å². The molecular weight excluding hydrogens is 222 g/mol. The second-order valence-electron chi connectivity index (χ2n) is 6.31. The van der Waals surface area contributed by atoms with Crippen LogP contribution in [0.25, 0.3) is 0 Å². The van der Waals surface area contributed by atoms with Crippen molar-refractivity contribution in [2.24, 2.45) is 0 Å². The van der Waals surface area contributed by atoms with Crippen molar-refractivity contribution in [2.75, 3.05) is 33.2 Å². The van der Waals surface area contributed by atoms with E-state index in [0.717, 1.165) is 18.1 Å². The van der Waals surface area contributed by atoms with Gasteiger partial charge in [-0.3, -0.25) is 4.90 Å². The van der Waals surface area contributed by atoms with Crippen LogP contribution in [0, 0.1) is 0 Å². The Morgan fingerprint density at radius 1 is 1.06 bits per heavy atom. The first-order valence-electron chi connectivity index (χ1n) is 7.86. The van der Waals surface area contributed by atoms with Crippen LogP contribution < -0.4 is 5.32 Å². The largest absolute Gasteiger partial charge is 0.318 e. The van der Waals surface area contributed by atoms with Crippen molar-refractivity contribution < 1.29 is 0 Å². The smallest absolute Gasteiger partial charge is 0.0223 e. The summed E-state index contributed by atoms with van der Waals surface area (Å²) in [5, 5.41) is 3.38. The first-order chi connectivity index (χ1) is 8.72. The molecule has 2 aliphatic heterocycles. The Balaban J connectivity index is 1.86. The number of nitrogens with one attached hydrogen (secondary N) is 1. The van der Waals surface area contributed by atoms with Gasteiger partial charge in [0.05, 0.1) is 0 Å². The highest BCUT2D eigenvalue weighted by atomic mass is 15.2. The van der Waals surface area contributed by atoms with Crippen LogP contribution in [0.4, 0.5) is 0 Å². The number of likely N-dealkylation sites (N-methyl/N-ethyl adjacent to an activating group) is 1. The van der Waals surface area contributed by atoms with Crippen LogP contribution in [0.2, 0.25) is 0 Å². The zero-order valence-electron chi connectivity index (χ0n) is 12.5. The Labute approximate surface area is 113 Å². The zero-order valence-corrected chi connectivity index (χ0v) is 12.5. The lowest BCUT2D eigenvalue weighted by atomic mass is 9.94. The summed E-state index contributed by atoms with van der Waals surface area (Å²) in [4.78, 5) is 5.45. The topological polar surface area (TPSA) is 18.5 Å². The molecule has 0 aromatic rings. The lowest BCUT2D eigenvalue weighted by molar-refractivity contribution is 0.0434. The van der Waals surface area contributed by atoms with Gasteiger partial charge in [-0.15, -0.1) is 0 Å². The SMILES string of the molecule is CNCC1CCCCN1C1CCN(C(C)C)CC1. The van der Waals surface area contributed by atoms with Gasteiger partial charge in [-0.2, -0.15) is 0 Å². The third-order valence-electron chi connectivity index (χ3n) is 4.81. The minimum Gasteiger partial charge on any atom is -0.318 e. The fourth-order valence-electron chi connectivity index (χ4n) is 3.69. The number of rotatable bonds is 4. The van der Waals surface area contributed by atoms with Gasteiger partial charge in [0.2, 0.25) is 0 Å². The average Bonchev–Trinajstić information content (AvgIpc) is 2.40. The van der Waals surface area contributed by atoms with E-state index in [1.165, 1.54) is 58.3 Å². The molecule has 0 aromatic carbocycles. The Morgan fingerprint density at radius 3 is 2.39 bits per heavy atom. The quantitative estimate of drug-likeness (QED) is 0.826. The standard InChI is InChI=1S/C15H31N3/c1-13(2)17-10-7-14(8-11-17)18-9-5-4-6-15(18)12-16-3/h13-16H,4-12H2,1-3H3. The lowest BCUT2D eigenvalue weighted by Gasteiger charge is -2.45. The van der Waals surface area contributed by atoms with Crippen LogP contribution in [0.3, 0.4) is 0 Å². The molecule has 2 rings (SSSR count). The Kier molecular flexibility index (Phi) is 5.46. The molecule has 106 valence electrons. The predicted molar refractivity (Wildman–Crippen MR) is 78.0 cm³/mol. The summed E-state index contributed by atoms with van der Waals surface area (Å²) in [5.41, 5.74) is 0. The summed E-state index contributed by atoms with van der Waals surface area (Å²) < 4.78 is 0. The maximum absolute atomic E-state index is 3.38. The second-order valence-corrected chi connectivity index (χ2v) is 6.31. The fourth-order valence-corrected chi connectivity index (χ4v) is 3.69. The van der Waals surface area contributed by atoms with Crippen LogP contribution in [-0.2, 0) is 0 Å². The van der Waals surface area contributed by atoms with Gasteiger partial charge in [0, 0.05) is 24.7 Å². The van der Waals surface area contributed by atoms with E-state index in [2.05, 4.69) is 36.0 Å². The summed E-state index contributed by atoms with van der Waals surface area (Å²) >= 11 is 0. The molecule has 0 saturated carbocycles. The molecule has 2 saturated heterocycles. The number of hydrogen-bond acceptors (Lipinski definition) is 3. The zero-order chi connectivity index (χ0) is 13.0. The molecule has 2 heterocycles. The van der Waals surface area contributed by atoms with Crippen molar-refractivity contribution in [3.05, 3.63) is 0 Å². The van der Waals surface area contributed by atoms with Gasteiger partial charge in [0.25, 0.3) is 0 Å². The number of nitrogens with zero attached hydrogens (tertiary/aromatic N) is 2. The molecule has 2 aliphatic rings. The summed E-state index contributed by atoms with van der Waals surface area (Å²) in [6, 6.07) is 2.36. The molecule has 0 aromatic heterocycles. The number of piperidine rings is 2. The van der Waals surface area contributed by atoms with Crippen LogP contribution in [-0.4, -0.2) is 61.2 Å². The van der Waals surface area contributed by atoms with E-state index in [-0.39, 0.29) is 0 Å². The van der Waals surface area contributed by atoms with Crippen LogP contribution in [0.15, 0.2) is 0 Å². The van der Waals surface area contributed by atoms with Gasteiger partial charge in [0.1, 0.15) is 0 Å². The molecule has 0 spiro atoms. The molecule has 1 N–H and O–H groups in total. The highest BCUT2D eigenvalue weighted by Gasteiger charge is 2.31. The second kappa shape index (κ2) is 6.88. The molecular formula is C15H31N3. The molecule has 3 nitrogen and oxygen atoms in total. The van der Waals surface area contributed by atoms with Gasteiger partial charge in [-0.05, 0) is 66.2 Å². The summed E-state index contributed by atoms with van der Waals surface area (Å²) in [6.45, 7) is 9.75. The third kappa shape index (κ3) is 3.46. The molecule has 0 radical (unpaired) electrons. The molecule has 3 heteroatoms. The van der Waals surface area contributed by atoms with Gasteiger partial charge < -0.3 is 10.2 Å². The summed E-state index contributed by atoms with van der Waals surface area (Å²) in [6.07, 6.45) is 6.97. The van der Waals surface area contributed by atoms with Gasteiger partial charge in [-0.1, -0.05) is 6.42 Å². The van der Waals surface area contributed by atoms with E-state index < -0.39 is 0 Å². The monoisotopic (exact) mass is 253 g/mol. The Bertz CT molecular complexity index is 232. The molecule has 1 unspecified atom stereocenters. The maximum atomic E-state index is 3.38. The van der Waals surface area contributed by atoms with E-state index in [0.29, 0.717) is 0 Å². The molecule has 0 amide bonds. The van der Waals surface area contributed by atoms with E-state index in [9.17, 15) is 0 Å². The first kappa shape index (κ1) is 14.3. The normalized spacial score (nSPS) is 29.0. The van der Waals surface area contributed by atoms with Crippen LogP contribution in [0.5, 0.6) is 0 Å². The van der Waals surface area contributed by atoms with Crippen molar-refractivity contribution in [3.8, 4) is 0 Å². The van der Waals surface area contributed by atoms with E-state index in [1.54, 1.807) is 0 Å². The molecule has 18 heavy (non-hydrogen) atoms. The third-order valence-corrected chi connectivity index (χ3v) is 4.81. The van der Waals surface area contributed by atoms with E-state index in [1.807, 2.05) is 0 Å². The average molecular weight is 253 g/mol. The fraction of sp³-hybridized carbons (Fsp3) is 1.00. The molecule has 1 atom stereocenters. The van der Waals surface area contributed by atoms with Crippen LogP contribution in [0.1, 0.15) is 46.0 Å². The number of likely N-dealkylation sites (tertiary alicyclic amines) is 2. The van der Waals surface area contributed by atoms with Crippen molar-refractivity contribution in [1.29, 1.82) is 0 Å². The van der Waals surface area contributed by atoms with Crippen molar-refractivity contribution in [3.63, 3.8) is 0 Å². The van der Waals surface area contributed by atoms with Crippen molar-refractivity contribution in [2.45, 2.75) is 64.1 Å². The van der Waals surface area contributed by atoms with E-state index >= 15 is 0 Å². The van der Waals surface area contributed by atoms with Crippen molar-refractivity contribution in [1.82, 2.24) is 15.1 Å². The highest BCUT2D eigenvalue weighted by molar-refractivity contribution is 4.87. The minimum atomic E-state index is 0.723. The minimum absolute atomic E-state index is 0.723. The Morgan fingerprint density at radius 2 is 1.78 bits per heavy atom. The maximum Gasteiger partial charge on any atom is 0.0223 e. The molecule has 0 bridgehead atoms. The first-order valence-corrected chi connectivity index (χ1v) is 7.86. The molecule has 2 fully saturated rings. The predicted octanol–water partition coefficient (Wildman–Crippen LogP) is 1.93. The van der Waals surface area contributed by atoms with Gasteiger partial charge in [-0.25, -0.2) is 0 Å². The van der Waals surface area contributed by atoms with Crippen LogP contribution >= 0.6 is 0 Å². The van der Waals surface area contributed by atoms with Gasteiger partial charge >= 0.3 is 0 Å². The van der Waals surface area contributed by atoms with E-state index in [4.69, 9.17) is 0 Å². The lowest BCUT2D eigenvalue weighted by Crippen LogP contribution is -2.54. The number of hydrogen-bond donors (Lipinski definition) is 1.